The summed E-state index contributed by atoms with van der Waals surface area (Å²) in [6.45, 7) is 9.07. The smallest absolute Gasteiger partial charge is 0.242 e. The monoisotopic (exact) mass is 362 g/mol. The highest BCUT2D eigenvalue weighted by Gasteiger charge is 2.35. The van der Waals surface area contributed by atoms with E-state index in [-0.39, 0.29) is 29.1 Å². The molecule has 0 aromatic heterocycles. The molecule has 0 spiro atoms. The normalized spacial score (nSPS) is 21.7. The lowest BCUT2D eigenvalue weighted by atomic mass is 9.87. The lowest BCUT2D eigenvalue weighted by Crippen LogP contribution is -2.46. The van der Waals surface area contributed by atoms with E-state index in [2.05, 4.69) is 45.0 Å². The average Bonchev–Trinajstić information content (AvgIpc) is 2.96. The number of carbonyl (C=O) groups excluding carboxylic acids is 2. The molecule has 2 heterocycles. The quantitative estimate of drug-likeness (QED) is 0.829. The van der Waals surface area contributed by atoms with Crippen LogP contribution < -0.4 is 0 Å². The van der Waals surface area contributed by atoms with Crippen LogP contribution in [0.2, 0.25) is 0 Å². The van der Waals surface area contributed by atoms with E-state index in [0.717, 1.165) is 5.56 Å². The van der Waals surface area contributed by atoms with Gasteiger partial charge in [-0.1, -0.05) is 45.0 Å². The van der Waals surface area contributed by atoms with Gasteiger partial charge in [0, 0.05) is 13.1 Å². The minimum atomic E-state index is -0.0773. The van der Waals surface area contributed by atoms with Crippen LogP contribution in [0.15, 0.2) is 24.3 Å². The van der Waals surface area contributed by atoms with E-state index in [1.54, 1.807) is 21.6 Å². The van der Waals surface area contributed by atoms with E-state index in [9.17, 15) is 9.59 Å². The number of nitrogens with zero attached hydrogens (tertiary/aromatic N) is 2. The Morgan fingerprint density at radius 2 is 1.84 bits per heavy atom. The summed E-state index contributed by atoms with van der Waals surface area (Å²) in [7, 11) is 0. The van der Waals surface area contributed by atoms with Gasteiger partial charge < -0.3 is 14.5 Å². The number of morpholine rings is 1. The van der Waals surface area contributed by atoms with Crippen molar-refractivity contribution in [3.8, 4) is 0 Å². The van der Waals surface area contributed by atoms with Gasteiger partial charge in [0.1, 0.15) is 11.9 Å². The second kappa shape index (κ2) is 7.38. The topological polar surface area (TPSA) is 49.9 Å². The number of rotatable bonds is 3. The summed E-state index contributed by atoms with van der Waals surface area (Å²) < 4.78 is 5.29. The minimum absolute atomic E-state index is 0.00969. The van der Waals surface area contributed by atoms with Crippen LogP contribution in [-0.2, 0) is 19.7 Å². The van der Waals surface area contributed by atoms with Crippen molar-refractivity contribution >= 4 is 23.6 Å². The van der Waals surface area contributed by atoms with Gasteiger partial charge in [-0.2, -0.15) is 0 Å². The zero-order valence-corrected chi connectivity index (χ0v) is 16.0. The summed E-state index contributed by atoms with van der Waals surface area (Å²) in [5, 5.41) is -0.0773. The molecule has 25 heavy (non-hydrogen) atoms. The van der Waals surface area contributed by atoms with Crippen molar-refractivity contribution in [3.63, 3.8) is 0 Å². The molecule has 6 heteroatoms. The van der Waals surface area contributed by atoms with Crippen molar-refractivity contribution in [2.75, 3.05) is 38.6 Å². The van der Waals surface area contributed by atoms with E-state index < -0.39 is 0 Å². The van der Waals surface area contributed by atoms with Crippen molar-refractivity contribution in [1.82, 2.24) is 9.80 Å². The van der Waals surface area contributed by atoms with Gasteiger partial charge in [-0.05, 0) is 16.5 Å². The number of hydrogen-bond acceptors (Lipinski definition) is 4. The van der Waals surface area contributed by atoms with Crippen LogP contribution in [0.4, 0.5) is 0 Å². The van der Waals surface area contributed by atoms with E-state index in [4.69, 9.17) is 4.74 Å². The molecule has 2 aliphatic rings. The highest BCUT2D eigenvalue weighted by atomic mass is 32.2. The minimum Gasteiger partial charge on any atom is -0.378 e. The Hall–Kier alpha value is -1.53. The van der Waals surface area contributed by atoms with E-state index >= 15 is 0 Å². The van der Waals surface area contributed by atoms with Gasteiger partial charge >= 0.3 is 0 Å². The Labute approximate surface area is 153 Å². The second-order valence-corrected chi connectivity index (χ2v) is 8.62. The van der Waals surface area contributed by atoms with Gasteiger partial charge in [0.2, 0.25) is 11.8 Å². The summed E-state index contributed by atoms with van der Waals surface area (Å²) >= 11 is 1.59. The zero-order chi connectivity index (χ0) is 18.0. The van der Waals surface area contributed by atoms with E-state index in [1.807, 2.05) is 0 Å². The molecular weight excluding hydrogens is 336 g/mol. The number of ether oxygens (including phenoxy) is 1. The first-order valence-corrected chi connectivity index (χ1v) is 9.78. The van der Waals surface area contributed by atoms with Crippen molar-refractivity contribution in [3.05, 3.63) is 35.4 Å². The van der Waals surface area contributed by atoms with Crippen LogP contribution in [-0.4, -0.2) is 60.2 Å². The van der Waals surface area contributed by atoms with Crippen LogP contribution in [0.25, 0.3) is 0 Å². The van der Waals surface area contributed by atoms with Gasteiger partial charge in [0.15, 0.2) is 0 Å². The molecule has 0 N–H and O–H groups in total. The van der Waals surface area contributed by atoms with Gasteiger partial charge in [0.05, 0.1) is 19.0 Å². The van der Waals surface area contributed by atoms with Crippen molar-refractivity contribution in [1.29, 1.82) is 0 Å². The molecule has 2 aliphatic heterocycles. The van der Waals surface area contributed by atoms with Gasteiger partial charge in [0.25, 0.3) is 0 Å². The summed E-state index contributed by atoms with van der Waals surface area (Å²) in [4.78, 5) is 28.3. The molecule has 1 aromatic carbocycles. The van der Waals surface area contributed by atoms with Crippen LogP contribution in [0.1, 0.15) is 37.3 Å². The molecule has 5 nitrogen and oxygen atoms in total. The lowest BCUT2D eigenvalue weighted by Gasteiger charge is -2.30. The number of amides is 2. The van der Waals surface area contributed by atoms with Gasteiger partial charge in [-0.15, -0.1) is 11.8 Å². The van der Waals surface area contributed by atoms with Crippen molar-refractivity contribution < 1.29 is 14.3 Å². The summed E-state index contributed by atoms with van der Waals surface area (Å²) in [5.74, 6) is 0.481. The van der Waals surface area contributed by atoms with Crippen molar-refractivity contribution in [2.45, 2.75) is 31.6 Å². The van der Waals surface area contributed by atoms with Crippen LogP contribution in [0, 0.1) is 0 Å². The third kappa shape index (κ3) is 4.18. The number of carbonyl (C=O) groups is 2. The molecule has 3 rings (SSSR count). The van der Waals surface area contributed by atoms with Gasteiger partial charge in [-0.25, -0.2) is 0 Å². The first kappa shape index (κ1) is 18.3. The molecule has 0 aliphatic carbocycles. The Kier molecular flexibility index (Phi) is 5.39. The van der Waals surface area contributed by atoms with Crippen LogP contribution in [0.5, 0.6) is 0 Å². The molecule has 0 saturated carbocycles. The molecule has 0 radical (unpaired) electrons. The summed E-state index contributed by atoms with van der Waals surface area (Å²) in [6.07, 6.45) is 0. The molecule has 136 valence electrons. The number of benzene rings is 1. The average molecular weight is 362 g/mol. The first-order valence-electron chi connectivity index (χ1n) is 8.73. The highest BCUT2D eigenvalue weighted by molar-refractivity contribution is 8.00. The predicted molar refractivity (Wildman–Crippen MR) is 99.5 cm³/mol. The Bertz CT molecular complexity index is 633. The Morgan fingerprint density at radius 3 is 2.44 bits per heavy atom. The fourth-order valence-electron chi connectivity index (χ4n) is 3.11. The summed E-state index contributed by atoms with van der Waals surface area (Å²) in [6, 6.07) is 8.42. The maximum Gasteiger partial charge on any atom is 0.242 e. The first-order chi connectivity index (χ1) is 11.9. The van der Waals surface area contributed by atoms with Crippen molar-refractivity contribution in [2.24, 2.45) is 0 Å². The fourth-order valence-corrected chi connectivity index (χ4v) is 4.30. The molecule has 1 unspecified atom stereocenters. The SMILES string of the molecule is CC(C)(C)c1ccc(C2SCC(=O)N2CC(=O)N2CCOCC2)cc1. The predicted octanol–water partition coefficient (Wildman–Crippen LogP) is 2.42. The zero-order valence-electron chi connectivity index (χ0n) is 15.2. The number of hydrogen-bond donors (Lipinski definition) is 0. The molecular formula is C19H26N2O3S. The Balaban J connectivity index is 1.72. The standard InChI is InChI=1S/C19H26N2O3S/c1-19(2,3)15-6-4-14(5-7-15)18-21(17(23)13-25-18)12-16(22)20-8-10-24-11-9-20/h4-7,18H,8-13H2,1-3H3. The molecule has 2 amide bonds. The lowest BCUT2D eigenvalue weighted by molar-refractivity contribution is -0.141. The maximum atomic E-state index is 12.5. The van der Waals surface area contributed by atoms with E-state index in [0.29, 0.717) is 32.1 Å². The molecule has 1 atom stereocenters. The largest absolute Gasteiger partial charge is 0.378 e. The van der Waals surface area contributed by atoms with Crippen LogP contribution in [0.3, 0.4) is 0 Å². The molecule has 2 saturated heterocycles. The fraction of sp³-hybridized carbons (Fsp3) is 0.579. The highest BCUT2D eigenvalue weighted by Crippen LogP contribution is 2.39. The molecule has 1 aromatic rings. The summed E-state index contributed by atoms with van der Waals surface area (Å²) in [5.41, 5.74) is 2.45. The van der Waals surface area contributed by atoms with Crippen LogP contribution >= 0.6 is 11.8 Å². The molecule has 0 bridgehead atoms. The maximum absolute atomic E-state index is 12.5. The second-order valence-electron chi connectivity index (χ2n) is 7.55. The Morgan fingerprint density at radius 1 is 1.20 bits per heavy atom. The molecule has 2 fully saturated rings. The van der Waals surface area contributed by atoms with Gasteiger partial charge in [-0.3, -0.25) is 9.59 Å². The third-order valence-corrected chi connectivity index (χ3v) is 5.96. The third-order valence-electron chi connectivity index (χ3n) is 4.70. The van der Waals surface area contributed by atoms with E-state index in [1.165, 1.54) is 5.56 Å². The number of thioether (sulfide) groups is 1.